The monoisotopic (exact) mass is 408 g/mol. The van der Waals surface area contributed by atoms with Crippen LogP contribution in [-0.2, 0) is 0 Å². The zero-order chi connectivity index (χ0) is 20.4. The summed E-state index contributed by atoms with van der Waals surface area (Å²) in [5.41, 5.74) is 2.71. The number of anilines is 2. The van der Waals surface area contributed by atoms with Crippen LogP contribution in [-0.4, -0.2) is 21.6 Å². The number of halogens is 1. The largest absolute Gasteiger partial charge is 0.463 e. The molecule has 0 radical (unpaired) electrons. The van der Waals surface area contributed by atoms with Gasteiger partial charge in [0.2, 0.25) is 0 Å². The molecule has 1 N–H and O–H groups in total. The van der Waals surface area contributed by atoms with Gasteiger partial charge < -0.3 is 10.1 Å². The van der Waals surface area contributed by atoms with Crippen LogP contribution in [0.3, 0.4) is 0 Å². The Kier molecular flexibility index (Phi) is 5.15. The molecule has 7 heteroatoms. The van der Waals surface area contributed by atoms with E-state index in [1.165, 1.54) is 17.4 Å². The van der Waals surface area contributed by atoms with E-state index < -0.39 is 0 Å². The van der Waals surface area contributed by atoms with Crippen molar-refractivity contribution in [3.63, 3.8) is 0 Å². The number of ether oxygens (including phenoxy) is 1. The molecule has 0 amide bonds. The summed E-state index contributed by atoms with van der Waals surface area (Å²) in [6.45, 7) is 6.75. The minimum Gasteiger partial charge on any atom is -0.463 e. The Labute approximate surface area is 172 Å². The molecule has 0 saturated carbocycles. The highest BCUT2D eigenvalue weighted by Crippen LogP contribution is 2.30. The minimum absolute atomic E-state index is 0.0251. The third-order valence-electron chi connectivity index (χ3n) is 4.10. The van der Waals surface area contributed by atoms with Crippen LogP contribution in [0, 0.1) is 11.2 Å². The molecule has 2 heterocycles. The number of hydrogen-bond acceptors (Lipinski definition) is 6. The lowest BCUT2D eigenvalue weighted by Gasteiger charge is -2.17. The Morgan fingerprint density at radius 2 is 1.79 bits per heavy atom. The number of thiazole rings is 1. The van der Waals surface area contributed by atoms with E-state index >= 15 is 0 Å². The second kappa shape index (κ2) is 7.75. The van der Waals surface area contributed by atoms with Crippen LogP contribution in [0.2, 0.25) is 0 Å². The molecular formula is C22H21FN4OS. The highest BCUT2D eigenvalue weighted by Gasteiger charge is 2.13. The molecule has 5 nitrogen and oxygen atoms in total. The van der Waals surface area contributed by atoms with Crippen molar-refractivity contribution < 1.29 is 9.13 Å². The van der Waals surface area contributed by atoms with Crippen molar-refractivity contribution in [1.29, 1.82) is 0 Å². The molecular weight excluding hydrogens is 387 g/mol. The minimum atomic E-state index is -0.366. The maximum absolute atomic E-state index is 14.7. The van der Waals surface area contributed by atoms with Crippen LogP contribution in [0.1, 0.15) is 20.8 Å². The average molecular weight is 409 g/mol. The summed E-state index contributed by atoms with van der Waals surface area (Å²) >= 11 is 1.49. The first-order valence-corrected chi connectivity index (χ1v) is 10.1. The second-order valence-corrected chi connectivity index (χ2v) is 8.94. The number of benzene rings is 2. The van der Waals surface area contributed by atoms with Gasteiger partial charge in [-0.15, -0.1) is 0 Å². The highest BCUT2D eigenvalue weighted by atomic mass is 32.1. The first-order chi connectivity index (χ1) is 13.9. The third-order valence-corrected chi connectivity index (χ3v) is 5.05. The number of aromatic nitrogens is 3. The summed E-state index contributed by atoms with van der Waals surface area (Å²) in [5.74, 6) is -0.366. The average Bonchev–Trinajstić information content (AvgIpc) is 3.10. The fraction of sp³-hybridized carbons (Fsp3) is 0.227. The molecule has 29 heavy (non-hydrogen) atoms. The van der Waals surface area contributed by atoms with Crippen molar-refractivity contribution in [2.75, 3.05) is 11.9 Å². The van der Waals surface area contributed by atoms with Gasteiger partial charge in [-0.05, 0) is 35.2 Å². The fourth-order valence-corrected chi connectivity index (χ4v) is 3.54. The van der Waals surface area contributed by atoms with E-state index in [9.17, 15) is 4.39 Å². The van der Waals surface area contributed by atoms with Crippen LogP contribution < -0.4 is 10.1 Å². The van der Waals surface area contributed by atoms with E-state index in [-0.39, 0.29) is 11.2 Å². The Balaban J connectivity index is 1.49. The van der Waals surface area contributed by atoms with Gasteiger partial charge in [-0.3, -0.25) is 0 Å². The fourth-order valence-electron chi connectivity index (χ4n) is 2.66. The molecule has 0 aliphatic carbocycles. The van der Waals surface area contributed by atoms with E-state index in [4.69, 9.17) is 4.74 Å². The lowest BCUT2D eigenvalue weighted by atomic mass is 9.99. The molecule has 0 spiro atoms. The maximum atomic E-state index is 14.7. The quantitative estimate of drug-likeness (QED) is 0.435. The van der Waals surface area contributed by atoms with E-state index in [0.29, 0.717) is 29.0 Å². The van der Waals surface area contributed by atoms with Gasteiger partial charge in [0.05, 0.1) is 22.5 Å². The summed E-state index contributed by atoms with van der Waals surface area (Å²) in [6.07, 6.45) is 3.28. The molecule has 0 saturated heterocycles. The van der Waals surface area contributed by atoms with Crippen LogP contribution in [0.25, 0.3) is 21.3 Å². The molecule has 0 bridgehead atoms. The summed E-state index contributed by atoms with van der Waals surface area (Å²) < 4.78 is 21.3. The molecule has 0 fully saturated rings. The van der Waals surface area contributed by atoms with Gasteiger partial charge in [-0.25, -0.2) is 19.3 Å². The molecule has 4 rings (SSSR count). The smallest absolute Gasteiger partial charge is 0.316 e. The molecule has 2 aromatic carbocycles. The van der Waals surface area contributed by atoms with Gasteiger partial charge in [-0.2, -0.15) is 0 Å². The van der Waals surface area contributed by atoms with Crippen molar-refractivity contribution in [3.05, 3.63) is 60.7 Å². The van der Waals surface area contributed by atoms with E-state index in [0.717, 1.165) is 15.8 Å². The van der Waals surface area contributed by atoms with Gasteiger partial charge in [0, 0.05) is 18.0 Å². The van der Waals surface area contributed by atoms with Crippen molar-refractivity contribution in [3.8, 4) is 17.1 Å². The lowest BCUT2D eigenvalue weighted by Crippen LogP contribution is -2.17. The number of hydrogen-bond donors (Lipinski definition) is 1. The van der Waals surface area contributed by atoms with Crippen LogP contribution in [0.5, 0.6) is 6.01 Å². The SMILES string of the molecule is CC(C)(C)COc1ncc(-c2ccc(Nc3nc4ccccc4s3)c(F)c2)cn1. The van der Waals surface area contributed by atoms with Crippen molar-refractivity contribution >= 4 is 32.4 Å². The topological polar surface area (TPSA) is 59.9 Å². The zero-order valence-corrected chi connectivity index (χ0v) is 17.3. The van der Waals surface area contributed by atoms with E-state index in [1.807, 2.05) is 30.3 Å². The number of para-hydroxylation sites is 1. The van der Waals surface area contributed by atoms with Gasteiger partial charge in [0.25, 0.3) is 0 Å². The van der Waals surface area contributed by atoms with Crippen LogP contribution >= 0.6 is 11.3 Å². The van der Waals surface area contributed by atoms with Gasteiger partial charge >= 0.3 is 6.01 Å². The highest BCUT2D eigenvalue weighted by molar-refractivity contribution is 7.22. The predicted octanol–water partition coefficient (Wildman–Crippen LogP) is 6.06. The number of rotatable bonds is 5. The molecule has 0 unspecified atom stereocenters. The molecule has 2 aromatic heterocycles. The molecule has 0 aliphatic heterocycles. The standard InChI is InChI=1S/C22H21FN4OS/c1-22(2,3)13-28-20-24-11-15(12-25-20)14-8-9-17(16(23)10-14)26-21-27-18-6-4-5-7-19(18)29-21/h4-12H,13H2,1-3H3,(H,26,27). The maximum Gasteiger partial charge on any atom is 0.316 e. The van der Waals surface area contributed by atoms with E-state index in [2.05, 4.69) is 41.0 Å². The molecule has 0 aliphatic rings. The van der Waals surface area contributed by atoms with Crippen molar-refractivity contribution in [2.45, 2.75) is 20.8 Å². The summed E-state index contributed by atoms with van der Waals surface area (Å²) in [6, 6.07) is 13.1. The van der Waals surface area contributed by atoms with Gasteiger partial charge in [0.15, 0.2) is 5.13 Å². The Morgan fingerprint density at radius 3 is 2.48 bits per heavy atom. The third kappa shape index (κ3) is 4.68. The molecule has 148 valence electrons. The number of nitrogens with one attached hydrogen (secondary N) is 1. The molecule has 4 aromatic rings. The van der Waals surface area contributed by atoms with E-state index in [1.54, 1.807) is 18.5 Å². The summed E-state index contributed by atoms with van der Waals surface area (Å²) in [5, 5.41) is 3.72. The van der Waals surface area contributed by atoms with Gasteiger partial charge in [0.1, 0.15) is 5.82 Å². The zero-order valence-electron chi connectivity index (χ0n) is 16.4. The Hall–Kier alpha value is -3.06. The van der Waals surface area contributed by atoms with Crippen LogP contribution in [0.15, 0.2) is 54.9 Å². The van der Waals surface area contributed by atoms with Crippen molar-refractivity contribution in [1.82, 2.24) is 15.0 Å². The molecule has 0 atom stereocenters. The number of fused-ring (bicyclic) bond motifs is 1. The first kappa shape index (κ1) is 19.3. The number of nitrogens with zero attached hydrogens (tertiary/aromatic N) is 3. The normalized spacial score (nSPS) is 11.6. The predicted molar refractivity (Wildman–Crippen MR) is 115 cm³/mol. The van der Waals surface area contributed by atoms with Crippen LogP contribution in [0.4, 0.5) is 15.2 Å². The first-order valence-electron chi connectivity index (χ1n) is 9.25. The Bertz CT molecular complexity index is 1100. The second-order valence-electron chi connectivity index (χ2n) is 7.91. The Morgan fingerprint density at radius 1 is 1.03 bits per heavy atom. The summed E-state index contributed by atoms with van der Waals surface area (Å²) in [7, 11) is 0. The van der Waals surface area contributed by atoms with Crippen molar-refractivity contribution in [2.24, 2.45) is 5.41 Å². The van der Waals surface area contributed by atoms with Gasteiger partial charge in [-0.1, -0.05) is 50.3 Å². The lowest BCUT2D eigenvalue weighted by molar-refractivity contribution is 0.184. The summed E-state index contributed by atoms with van der Waals surface area (Å²) in [4.78, 5) is 12.9.